The van der Waals surface area contributed by atoms with Crippen LogP contribution in [-0.2, 0) is 11.3 Å². The molecule has 5 heteroatoms. The maximum atomic E-state index is 11.2. The monoisotopic (exact) mass is 238 g/mol. The SMILES string of the molecule is Cc1cc(CN2CCC(C)CC2C(=O)O)on1. The van der Waals surface area contributed by atoms with Crippen molar-refractivity contribution in [3.05, 3.63) is 17.5 Å². The fraction of sp³-hybridized carbons (Fsp3) is 0.667. The van der Waals surface area contributed by atoms with E-state index >= 15 is 0 Å². The van der Waals surface area contributed by atoms with Gasteiger partial charge in [0.1, 0.15) is 6.04 Å². The van der Waals surface area contributed by atoms with Crippen molar-refractivity contribution in [3.63, 3.8) is 0 Å². The number of aryl methyl sites for hydroxylation is 1. The first-order chi connectivity index (χ1) is 8.06. The molecule has 1 fully saturated rings. The Morgan fingerprint density at radius 1 is 1.71 bits per heavy atom. The predicted molar refractivity (Wildman–Crippen MR) is 61.5 cm³/mol. The highest BCUT2D eigenvalue weighted by molar-refractivity contribution is 5.73. The van der Waals surface area contributed by atoms with E-state index in [4.69, 9.17) is 4.52 Å². The van der Waals surface area contributed by atoms with Crippen LogP contribution in [0.25, 0.3) is 0 Å². The summed E-state index contributed by atoms with van der Waals surface area (Å²) < 4.78 is 5.14. The van der Waals surface area contributed by atoms with Gasteiger partial charge in [-0.05, 0) is 32.2 Å². The fourth-order valence-electron chi connectivity index (χ4n) is 2.33. The Bertz CT molecular complexity index is 402. The summed E-state index contributed by atoms with van der Waals surface area (Å²) in [5, 5.41) is 13.0. The van der Waals surface area contributed by atoms with E-state index in [0.29, 0.717) is 18.9 Å². The lowest BCUT2D eigenvalue weighted by Crippen LogP contribution is -2.46. The van der Waals surface area contributed by atoms with Gasteiger partial charge in [0.05, 0.1) is 12.2 Å². The molecule has 0 aromatic carbocycles. The van der Waals surface area contributed by atoms with E-state index in [0.717, 1.165) is 24.4 Å². The standard InChI is InChI=1S/C12H18N2O3/c1-8-3-4-14(11(5-8)12(15)16)7-10-6-9(2)13-17-10/h6,8,11H,3-5,7H2,1-2H3,(H,15,16). The first-order valence-electron chi connectivity index (χ1n) is 5.95. The van der Waals surface area contributed by atoms with E-state index in [2.05, 4.69) is 12.1 Å². The molecule has 0 saturated carbocycles. The Balaban J connectivity index is 2.05. The smallest absolute Gasteiger partial charge is 0.320 e. The number of aliphatic carboxylic acids is 1. The molecule has 94 valence electrons. The Labute approximate surface area is 100 Å². The van der Waals surface area contributed by atoms with E-state index in [-0.39, 0.29) is 0 Å². The minimum atomic E-state index is -0.743. The molecule has 0 aliphatic carbocycles. The van der Waals surface area contributed by atoms with Crippen LogP contribution < -0.4 is 0 Å². The van der Waals surface area contributed by atoms with Crippen molar-refractivity contribution in [1.29, 1.82) is 0 Å². The summed E-state index contributed by atoms with van der Waals surface area (Å²) in [6.07, 6.45) is 1.75. The fourth-order valence-corrected chi connectivity index (χ4v) is 2.33. The zero-order valence-corrected chi connectivity index (χ0v) is 10.2. The topological polar surface area (TPSA) is 66.6 Å². The van der Waals surface area contributed by atoms with E-state index in [1.807, 2.05) is 17.9 Å². The third kappa shape index (κ3) is 2.85. The number of hydrogen-bond acceptors (Lipinski definition) is 4. The number of nitrogens with zero attached hydrogens (tertiary/aromatic N) is 2. The van der Waals surface area contributed by atoms with Gasteiger partial charge >= 0.3 is 5.97 Å². The number of hydrogen-bond donors (Lipinski definition) is 1. The van der Waals surface area contributed by atoms with Gasteiger partial charge in [0.25, 0.3) is 0 Å². The first-order valence-corrected chi connectivity index (χ1v) is 5.95. The van der Waals surface area contributed by atoms with Gasteiger partial charge in [0.2, 0.25) is 0 Å². The largest absolute Gasteiger partial charge is 0.480 e. The Kier molecular flexibility index (Phi) is 3.47. The second-order valence-electron chi connectivity index (χ2n) is 4.89. The third-order valence-electron chi connectivity index (χ3n) is 3.30. The second kappa shape index (κ2) is 4.87. The number of likely N-dealkylation sites (tertiary alicyclic amines) is 1. The highest BCUT2D eigenvalue weighted by Crippen LogP contribution is 2.24. The normalized spacial score (nSPS) is 26.0. The molecule has 2 rings (SSSR count). The molecular formula is C12H18N2O3. The summed E-state index contributed by atoms with van der Waals surface area (Å²) >= 11 is 0. The molecule has 0 bridgehead atoms. The quantitative estimate of drug-likeness (QED) is 0.867. The van der Waals surface area contributed by atoms with Crippen LogP contribution >= 0.6 is 0 Å². The van der Waals surface area contributed by atoms with Gasteiger partial charge in [-0.2, -0.15) is 0 Å². The summed E-state index contributed by atoms with van der Waals surface area (Å²) in [4.78, 5) is 13.2. The lowest BCUT2D eigenvalue weighted by Gasteiger charge is -2.35. The van der Waals surface area contributed by atoms with Crippen molar-refractivity contribution in [2.24, 2.45) is 5.92 Å². The molecule has 2 unspecified atom stereocenters. The molecule has 2 heterocycles. The molecule has 1 aromatic heterocycles. The molecule has 5 nitrogen and oxygen atoms in total. The molecular weight excluding hydrogens is 220 g/mol. The Morgan fingerprint density at radius 3 is 3.06 bits per heavy atom. The van der Waals surface area contributed by atoms with Crippen LogP contribution in [0.4, 0.5) is 0 Å². The molecule has 1 aromatic rings. The van der Waals surface area contributed by atoms with Crippen LogP contribution in [0.5, 0.6) is 0 Å². The lowest BCUT2D eigenvalue weighted by molar-refractivity contribution is -0.145. The average molecular weight is 238 g/mol. The third-order valence-corrected chi connectivity index (χ3v) is 3.30. The summed E-state index contributed by atoms with van der Waals surface area (Å²) in [5.74, 6) is 0.472. The molecule has 1 aliphatic heterocycles. The molecule has 1 aliphatic rings. The highest BCUT2D eigenvalue weighted by Gasteiger charge is 2.32. The van der Waals surface area contributed by atoms with Crippen LogP contribution in [0.15, 0.2) is 10.6 Å². The van der Waals surface area contributed by atoms with Crippen LogP contribution in [0.1, 0.15) is 31.2 Å². The lowest BCUT2D eigenvalue weighted by atomic mass is 9.92. The molecule has 1 saturated heterocycles. The molecule has 2 atom stereocenters. The first kappa shape index (κ1) is 12.1. The van der Waals surface area contributed by atoms with E-state index in [1.165, 1.54) is 0 Å². The molecule has 1 N–H and O–H groups in total. The molecule has 0 radical (unpaired) electrons. The van der Waals surface area contributed by atoms with Crippen LogP contribution in [0.3, 0.4) is 0 Å². The van der Waals surface area contributed by atoms with Crippen molar-refractivity contribution in [2.45, 2.75) is 39.3 Å². The van der Waals surface area contributed by atoms with Gasteiger partial charge in [0, 0.05) is 6.07 Å². The van der Waals surface area contributed by atoms with E-state index < -0.39 is 12.0 Å². The summed E-state index contributed by atoms with van der Waals surface area (Å²) in [6, 6.07) is 1.46. The zero-order valence-electron chi connectivity index (χ0n) is 10.2. The van der Waals surface area contributed by atoms with Crippen LogP contribution in [0.2, 0.25) is 0 Å². The van der Waals surface area contributed by atoms with Crippen molar-refractivity contribution < 1.29 is 14.4 Å². The minimum absolute atomic E-state index is 0.399. The maximum Gasteiger partial charge on any atom is 0.320 e. The number of carboxylic acids is 1. The van der Waals surface area contributed by atoms with Crippen LogP contribution in [-0.4, -0.2) is 33.7 Å². The van der Waals surface area contributed by atoms with Crippen molar-refractivity contribution >= 4 is 5.97 Å². The maximum absolute atomic E-state index is 11.2. The van der Waals surface area contributed by atoms with Gasteiger partial charge in [0.15, 0.2) is 5.76 Å². The summed E-state index contributed by atoms with van der Waals surface area (Å²) in [6.45, 7) is 5.30. The number of piperidine rings is 1. The predicted octanol–water partition coefficient (Wildman–Crippen LogP) is 1.67. The van der Waals surface area contributed by atoms with E-state index in [1.54, 1.807) is 0 Å². The van der Waals surface area contributed by atoms with Crippen molar-refractivity contribution in [1.82, 2.24) is 10.1 Å². The van der Waals surface area contributed by atoms with E-state index in [9.17, 15) is 9.90 Å². The number of aromatic nitrogens is 1. The summed E-state index contributed by atoms with van der Waals surface area (Å²) in [5.41, 5.74) is 0.831. The van der Waals surface area contributed by atoms with Gasteiger partial charge in [-0.3, -0.25) is 9.69 Å². The van der Waals surface area contributed by atoms with Gasteiger partial charge in [-0.1, -0.05) is 12.1 Å². The second-order valence-corrected chi connectivity index (χ2v) is 4.89. The minimum Gasteiger partial charge on any atom is -0.480 e. The Hall–Kier alpha value is -1.36. The number of carboxylic acid groups (broad SMARTS) is 1. The van der Waals surface area contributed by atoms with Gasteiger partial charge in [-0.25, -0.2) is 0 Å². The number of rotatable bonds is 3. The van der Waals surface area contributed by atoms with Crippen molar-refractivity contribution in [2.75, 3.05) is 6.54 Å². The van der Waals surface area contributed by atoms with Gasteiger partial charge in [-0.15, -0.1) is 0 Å². The molecule has 0 amide bonds. The average Bonchev–Trinajstić information content (AvgIpc) is 2.66. The van der Waals surface area contributed by atoms with Crippen molar-refractivity contribution in [3.8, 4) is 0 Å². The van der Waals surface area contributed by atoms with Crippen LogP contribution in [0, 0.1) is 12.8 Å². The molecule has 0 spiro atoms. The molecule has 17 heavy (non-hydrogen) atoms. The van der Waals surface area contributed by atoms with Gasteiger partial charge < -0.3 is 9.63 Å². The number of carbonyl (C=O) groups is 1. The summed E-state index contributed by atoms with van der Waals surface area (Å²) in [7, 11) is 0. The highest BCUT2D eigenvalue weighted by atomic mass is 16.5. The Morgan fingerprint density at radius 2 is 2.47 bits per heavy atom. The zero-order chi connectivity index (χ0) is 12.4.